The summed E-state index contributed by atoms with van der Waals surface area (Å²) < 4.78 is 0. The summed E-state index contributed by atoms with van der Waals surface area (Å²) in [6.07, 6.45) is 11.8. The van der Waals surface area contributed by atoms with Crippen LogP contribution in [0.1, 0.15) is 57.8 Å². The lowest BCUT2D eigenvalue weighted by atomic mass is 9.70. The summed E-state index contributed by atoms with van der Waals surface area (Å²) in [7, 11) is 0. The van der Waals surface area contributed by atoms with Crippen LogP contribution in [0.25, 0.3) is 22.1 Å². The van der Waals surface area contributed by atoms with Crippen molar-refractivity contribution in [1.82, 2.24) is 9.97 Å². The molecule has 2 unspecified atom stereocenters. The molecule has 1 saturated carbocycles. The van der Waals surface area contributed by atoms with Crippen molar-refractivity contribution in [3.8, 4) is 0 Å². The normalized spacial score (nSPS) is 28.0. The number of aromatic nitrogens is 2. The molecule has 7 rings (SSSR count). The van der Waals surface area contributed by atoms with Crippen molar-refractivity contribution < 1.29 is 0 Å². The molecule has 4 nitrogen and oxygen atoms in total. The van der Waals surface area contributed by atoms with Gasteiger partial charge in [0.2, 0.25) is 0 Å². The van der Waals surface area contributed by atoms with E-state index in [1.807, 2.05) is 12.1 Å². The van der Waals surface area contributed by atoms with Gasteiger partial charge in [-0.25, -0.2) is 9.97 Å². The highest BCUT2D eigenvalue weighted by atomic mass is 15.4. The van der Waals surface area contributed by atoms with Crippen molar-refractivity contribution in [2.24, 2.45) is 5.92 Å². The van der Waals surface area contributed by atoms with Gasteiger partial charge in [0.25, 0.3) is 0 Å². The van der Waals surface area contributed by atoms with E-state index in [0.717, 1.165) is 22.1 Å². The Morgan fingerprint density at radius 3 is 2.55 bits per heavy atom. The van der Waals surface area contributed by atoms with Gasteiger partial charge in [0.05, 0.1) is 33.4 Å². The van der Waals surface area contributed by atoms with E-state index in [0.29, 0.717) is 5.92 Å². The van der Waals surface area contributed by atoms with Crippen LogP contribution < -0.4 is 10.2 Å². The number of anilines is 2. The van der Waals surface area contributed by atoms with Gasteiger partial charge >= 0.3 is 0 Å². The highest BCUT2D eigenvalue weighted by Crippen LogP contribution is 2.57. The van der Waals surface area contributed by atoms with Gasteiger partial charge in [-0.15, -0.1) is 0 Å². The minimum absolute atomic E-state index is 0.0769. The molecule has 1 aromatic heterocycles. The molecule has 2 aliphatic heterocycles. The summed E-state index contributed by atoms with van der Waals surface area (Å²) in [4.78, 5) is 12.6. The first-order valence-corrected chi connectivity index (χ1v) is 11.3. The lowest BCUT2D eigenvalue weighted by Gasteiger charge is -2.54. The highest BCUT2D eigenvalue weighted by molar-refractivity contribution is 5.95. The number of fused-ring (bicyclic) bond motifs is 5. The zero-order chi connectivity index (χ0) is 19.0. The second-order valence-electron chi connectivity index (χ2n) is 9.36. The molecule has 2 atom stereocenters. The van der Waals surface area contributed by atoms with E-state index in [1.54, 1.807) is 11.3 Å². The van der Waals surface area contributed by atoms with Crippen molar-refractivity contribution in [2.75, 3.05) is 10.2 Å². The maximum Gasteiger partial charge on any atom is 0.118 e. The average molecular weight is 383 g/mol. The first kappa shape index (κ1) is 16.2. The number of hydrogen-bond acceptors (Lipinski definition) is 4. The number of hydrogen-bond donors (Lipinski definition) is 1. The van der Waals surface area contributed by atoms with Crippen LogP contribution >= 0.6 is 0 Å². The van der Waals surface area contributed by atoms with E-state index < -0.39 is 0 Å². The quantitative estimate of drug-likeness (QED) is 0.475. The van der Waals surface area contributed by atoms with E-state index in [2.05, 4.69) is 34.5 Å². The summed E-state index contributed by atoms with van der Waals surface area (Å²) in [6.45, 7) is 0. The van der Waals surface area contributed by atoms with Gasteiger partial charge in [-0.2, -0.15) is 0 Å². The molecule has 0 radical (unpaired) electrons. The van der Waals surface area contributed by atoms with Crippen LogP contribution in [0.4, 0.5) is 11.4 Å². The maximum atomic E-state index is 4.97. The minimum Gasteiger partial charge on any atom is -0.360 e. The summed E-state index contributed by atoms with van der Waals surface area (Å²) >= 11 is 0. The van der Waals surface area contributed by atoms with E-state index in [4.69, 9.17) is 9.97 Å². The smallest absolute Gasteiger partial charge is 0.118 e. The van der Waals surface area contributed by atoms with E-state index >= 15 is 0 Å². The van der Waals surface area contributed by atoms with Crippen molar-refractivity contribution in [2.45, 2.75) is 63.5 Å². The average Bonchev–Trinajstić information content (AvgIpc) is 3.07. The zero-order valence-electron chi connectivity index (χ0n) is 16.7. The van der Waals surface area contributed by atoms with E-state index in [-0.39, 0.29) is 5.66 Å². The SMILES string of the molecule is c1ccc2nc3cc4c(cc3nc2c1)NC12CCCCC1CC1=C(CCCC1)N42. The Labute approximate surface area is 171 Å². The molecule has 1 spiro atoms. The number of benzene rings is 2. The standard InChI is InChI=1S/C25H26N4/c1-4-11-23-16(7-1)13-17-8-5-6-12-25(17)28-22-14-20-21(15-24(22)29(23)25)27-19-10-3-2-9-18(19)26-20/h2-3,9-10,14-15,17,28H,1,4-8,11-13H2. The zero-order valence-corrected chi connectivity index (χ0v) is 16.7. The monoisotopic (exact) mass is 382 g/mol. The fourth-order valence-corrected chi connectivity index (χ4v) is 6.53. The first-order chi connectivity index (χ1) is 14.3. The molecule has 29 heavy (non-hydrogen) atoms. The molecular weight excluding hydrogens is 356 g/mol. The second-order valence-corrected chi connectivity index (χ2v) is 9.36. The van der Waals surface area contributed by atoms with Gasteiger partial charge in [0, 0.05) is 11.6 Å². The molecule has 1 N–H and O–H groups in total. The van der Waals surface area contributed by atoms with Crippen LogP contribution in [0.5, 0.6) is 0 Å². The highest BCUT2D eigenvalue weighted by Gasteiger charge is 2.54. The topological polar surface area (TPSA) is 41.1 Å². The van der Waals surface area contributed by atoms with Crippen molar-refractivity contribution in [3.05, 3.63) is 47.7 Å². The Morgan fingerprint density at radius 2 is 1.69 bits per heavy atom. The summed E-state index contributed by atoms with van der Waals surface area (Å²) in [5, 5.41) is 4.05. The Hall–Kier alpha value is -2.62. The molecule has 4 heteroatoms. The third kappa shape index (κ3) is 2.15. The molecule has 4 aliphatic rings. The Morgan fingerprint density at radius 1 is 0.897 bits per heavy atom. The minimum atomic E-state index is 0.0769. The van der Waals surface area contributed by atoms with Gasteiger partial charge < -0.3 is 10.2 Å². The molecule has 2 aromatic carbocycles. The van der Waals surface area contributed by atoms with Gasteiger partial charge in [-0.3, -0.25) is 0 Å². The fourth-order valence-electron chi connectivity index (χ4n) is 6.53. The number of para-hydroxylation sites is 2. The van der Waals surface area contributed by atoms with Crippen molar-refractivity contribution in [1.29, 1.82) is 0 Å². The summed E-state index contributed by atoms with van der Waals surface area (Å²) in [5.74, 6) is 0.712. The molecule has 3 aromatic rings. The predicted octanol–water partition coefficient (Wildman–Crippen LogP) is 6.13. The molecule has 0 saturated heterocycles. The number of allylic oxidation sites excluding steroid dienone is 2. The molecule has 146 valence electrons. The van der Waals surface area contributed by atoms with Crippen LogP contribution in [0.2, 0.25) is 0 Å². The van der Waals surface area contributed by atoms with E-state index in [9.17, 15) is 0 Å². The van der Waals surface area contributed by atoms with Crippen LogP contribution in [0, 0.1) is 5.92 Å². The molecule has 3 heterocycles. The maximum absolute atomic E-state index is 4.97. The third-order valence-corrected chi connectivity index (χ3v) is 7.80. The predicted molar refractivity (Wildman–Crippen MR) is 118 cm³/mol. The Kier molecular flexibility index (Phi) is 3.19. The van der Waals surface area contributed by atoms with Crippen molar-refractivity contribution in [3.63, 3.8) is 0 Å². The van der Waals surface area contributed by atoms with Crippen LogP contribution in [0.3, 0.4) is 0 Å². The van der Waals surface area contributed by atoms with Crippen molar-refractivity contribution >= 4 is 33.4 Å². The third-order valence-electron chi connectivity index (χ3n) is 7.80. The lowest BCUT2D eigenvalue weighted by Crippen LogP contribution is -2.60. The molecule has 1 fully saturated rings. The molecule has 0 bridgehead atoms. The molecule has 0 amide bonds. The number of nitrogens with zero attached hydrogens (tertiary/aromatic N) is 3. The Bertz CT molecular complexity index is 1200. The van der Waals surface area contributed by atoms with Gasteiger partial charge in [-0.05, 0) is 75.6 Å². The Balaban J connectivity index is 1.48. The van der Waals surface area contributed by atoms with Crippen LogP contribution in [0.15, 0.2) is 47.7 Å². The lowest BCUT2D eigenvalue weighted by molar-refractivity contribution is 0.197. The van der Waals surface area contributed by atoms with Crippen LogP contribution in [-0.4, -0.2) is 15.6 Å². The number of nitrogens with one attached hydrogen (secondary N) is 1. The second kappa shape index (κ2) is 5.71. The largest absolute Gasteiger partial charge is 0.360 e. The van der Waals surface area contributed by atoms with Gasteiger partial charge in [-0.1, -0.05) is 24.1 Å². The first-order valence-electron chi connectivity index (χ1n) is 11.3. The summed E-state index contributed by atoms with van der Waals surface area (Å²) in [5.41, 5.74) is 9.99. The van der Waals surface area contributed by atoms with Gasteiger partial charge in [0.1, 0.15) is 5.66 Å². The van der Waals surface area contributed by atoms with E-state index in [1.165, 1.54) is 69.2 Å². The van der Waals surface area contributed by atoms with Gasteiger partial charge in [0.15, 0.2) is 0 Å². The summed E-state index contributed by atoms with van der Waals surface area (Å²) in [6, 6.07) is 12.8. The molecular formula is C25H26N4. The van der Waals surface area contributed by atoms with Crippen LogP contribution in [-0.2, 0) is 0 Å². The fraction of sp³-hybridized carbons (Fsp3) is 0.440. The number of rotatable bonds is 0. The molecule has 2 aliphatic carbocycles.